The van der Waals surface area contributed by atoms with Gasteiger partial charge in [-0.15, -0.1) is 0 Å². The number of pyridine rings is 1. The van der Waals surface area contributed by atoms with Crippen molar-refractivity contribution in [3.05, 3.63) is 60.0 Å². The zero-order valence-electron chi connectivity index (χ0n) is 11.6. The van der Waals surface area contributed by atoms with Crippen LogP contribution in [0.25, 0.3) is 5.70 Å². The molecule has 0 fully saturated rings. The van der Waals surface area contributed by atoms with E-state index >= 15 is 0 Å². The number of nitrogens with one attached hydrogen (secondary N) is 1. The number of hydrogen-bond acceptors (Lipinski definition) is 3. The van der Waals surface area contributed by atoms with E-state index in [1.165, 1.54) is 16.8 Å². The highest BCUT2D eigenvalue weighted by Gasteiger charge is 2.31. The summed E-state index contributed by atoms with van der Waals surface area (Å²) in [4.78, 5) is 4.11. The number of nitrogens with zero attached hydrogens (tertiary/aromatic N) is 1. The lowest BCUT2D eigenvalue weighted by atomic mass is 9.87. The summed E-state index contributed by atoms with van der Waals surface area (Å²) in [6.07, 6.45) is 15.9. The average molecular weight is 267 g/mol. The molecule has 1 aromatic rings. The molecule has 1 aliphatic carbocycles. The fourth-order valence-corrected chi connectivity index (χ4v) is 3.04. The molecule has 2 atom stereocenters. The molecule has 3 rings (SSSR count). The summed E-state index contributed by atoms with van der Waals surface area (Å²) in [7, 11) is 0. The van der Waals surface area contributed by atoms with E-state index in [4.69, 9.17) is 5.73 Å². The van der Waals surface area contributed by atoms with Crippen LogP contribution in [0.1, 0.15) is 24.8 Å². The molecule has 104 valence electrons. The van der Waals surface area contributed by atoms with Crippen LogP contribution in [0.2, 0.25) is 0 Å². The van der Waals surface area contributed by atoms with Gasteiger partial charge in [0.1, 0.15) is 0 Å². The maximum atomic E-state index is 5.63. The van der Waals surface area contributed by atoms with Crippen LogP contribution >= 0.6 is 0 Å². The standard InChI is InChI=1S/C17H21N3/c18-10-4-3-6-15-14-5-1-2-7-16(14)20-17(15)13-8-11-19-12-9-13/h1-2,5,7-9,11-12,14,16,20H,3-4,6,10,18H2. The first-order valence-electron chi connectivity index (χ1n) is 7.35. The van der Waals surface area contributed by atoms with Crippen LogP contribution in [0, 0.1) is 5.92 Å². The van der Waals surface area contributed by atoms with Gasteiger partial charge in [0.15, 0.2) is 0 Å². The van der Waals surface area contributed by atoms with Gasteiger partial charge in [0.05, 0.1) is 6.04 Å². The Labute approximate surface area is 120 Å². The topological polar surface area (TPSA) is 50.9 Å². The summed E-state index contributed by atoms with van der Waals surface area (Å²) >= 11 is 0. The third-order valence-corrected chi connectivity index (χ3v) is 4.04. The second-order valence-electron chi connectivity index (χ2n) is 5.35. The Morgan fingerprint density at radius 3 is 2.70 bits per heavy atom. The van der Waals surface area contributed by atoms with Crippen molar-refractivity contribution in [2.45, 2.75) is 25.3 Å². The van der Waals surface area contributed by atoms with Gasteiger partial charge in [-0.3, -0.25) is 4.98 Å². The van der Waals surface area contributed by atoms with Gasteiger partial charge in [-0.1, -0.05) is 24.3 Å². The van der Waals surface area contributed by atoms with E-state index < -0.39 is 0 Å². The minimum absolute atomic E-state index is 0.399. The Bertz CT molecular complexity index is 543. The maximum Gasteiger partial charge on any atom is 0.0548 e. The largest absolute Gasteiger partial charge is 0.377 e. The van der Waals surface area contributed by atoms with Gasteiger partial charge in [-0.05, 0) is 43.5 Å². The average Bonchev–Trinajstić information content (AvgIpc) is 2.87. The Kier molecular flexibility index (Phi) is 3.97. The fourth-order valence-electron chi connectivity index (χ4n) is 3.04. The van der Waals surface area contributed by atoms with Gasteiger partial charge in [-0.2, -0.15) is 0 Å². The van der Waals surface area contributed by atoms with Crippen LogP contribution in [-0.4, -0.2) is 17.6 Å². The van der Waals surface area contributed by atoms with Crippen molar-refractivity contribution in [3.8, 4) is 0 Å². The van der Waals surface area contributed by atoms with Crippen molar-refractivity contribution >= 4 is 5.70 Å². The van der Waals surface area contributed by atoms with Crippen molar-refractivity contribution in [1.82, 2.24) is 10.3 Å². The monoisotopic (exact) mass is 267 g/mol. The Morgan fingerprint density at radius 2 is 1.90 bits per heavy atom. The summed E-state index contributed by atoms with van der Waals surface area (Å²) in [5, 5.41) is 3.67. The van der Waals surface area contributed by atoms with Gasteiger partial charge in [-0.25, -0.2) is 0 Å². The number of aromatic nitrogens is 1. The molecule has 1 aliphatic heterocycles. The number of hydrogen-bond donors (Lipinski definition) is 2. The molecule has 3 heteroatoms. The number of allylic oxidation sites excluding steroid dienone is 2. The van der Waals surface area contributed by atoms with E-state index in [2.05, 4.69) is 46.7 Å². The van der Waals surface area contributed by atoms with Crippen molar-refractivity contribution in [3.63, 3.8) is 0 Å². The minimum Gasteiger partial charge on any atom is -0.377 e. The molecule has 2 aliphatic rings. The third kappa shape index (κ3) is 2.54. The molecule has 0 radical (unpaired) electrons. The van der Waals surface area contributed by atoms with Crippen molar-refractivity contribution in [1.29, 1.82) is 0 Å². The second-order valence-corrected chi connectivity index (χ2v) is 5.35. The van der Waals surface area contributed by atoms with Crippen LogP contribution in [0.15, 0.2) is 54.4 Å². The fraction of sp³-hybridized carbons (Fsp3) is 0.353. The van der Waals surface area contributed by atoms with Crippen molar-refractivity contribution < 1.29 is 0 Å². The highest BCUT2D eigenvalue weighted by molar-refractivity contribution is 5.71. The Morgan fingerprint density at radius 1 is 1.10 bits per heavy atom. The predicted molar refractivity (Wildman–Crippen MR) is 82.8 cm³/mol. The normalized spacial score (nSPS) is 23.9. The Balaban J connectivity index is 1.90. The summed E-state index contributed by atoms with van der Waals surface area (Å²) in [5.41, 5.74) is 9.66. The first kappa shape index (κ1) is 13.1. The maximum absolute atomic E-state index is 5.63. The molecule has 3 nitrogen and oxygen atoms in total. The quantitative estimate of drug-likeness (QED) is 0.806. The molecule has 0 saturated heterocycles. The summed E-state index contributed by atoms with van der Waals surface area (Å²) in [5.74, 6) is 0.487. The van der Waals surface area contributed by atoms with Gasteiger partial charge in [0, 0.05) is 29.6 Å². The molecular weight excluding hydrogens is 246 g/mol. The number of fused-ring (bicyclic) bond motifs is 1. The van der Waals surface area contributed by atoms with Crippen LogP contribution < -0.4 is 11.1 Å². The lowest BCUT2D eigenvalue weighted by Crippen LogP contribution is -2.26. The van der Waals surface area contributed by atoms with E-state index in [0.717, 1.165) is 25.8 Å². The van der Waals surface area contributed by atoms with E-state index in [9.17, 15) is 0 Å². The van der Waals surface area contributed by atoms with Gasteiger partial charge in [0.25, 0.3) is 0 Å². The minimum atomic E-state index is 0.399. The highest BCUT2D eigenvalue weighted by atomic mass is 15.0. The molecule has 0 bridgehead atoms. The molecule has 2 unspecified atom stereocenters. The molecular formula is C17H21N3. The molecule has 2 heterocycles. The Hall–Kier alpha value is -1.87. The number of nitrogens with two attached hydrogens (primary N) is 1. The summed E-state index contributed by atoms with van der Waals surface area (Å²) in [6.45, 7) is 0.773. The second kappa shape index (κ2) is 6.06. The molecule has 20 heavy (non-hydrogen) atoms. The SMILES string of the molecule is NCCCCC1=C(c2ccncc2)NC2C=CC=CC12. The molecule has 3 N–H and O–H groups in total. The van der Waals surface area contributed by atoms with Crippen LogP contribution in [0.3, 0.4) is 0 Å². The van der Waals surface area contributed by atoms with E-state index in [1.807, 2.05) is 12.4 Å². The van der Waals surface area contributed by atoms with Crippen molar-refractivity contribution in [2.75, 3.05) is 6.54 Å². The number of rotatable bonds is 5. The lowest BCUT2D eigenvalue weighted by Gasteiger charge is -2.18. The highest BCUT2D eigenvalue weighted by Crippen LogP contribution is 2.37. The first-order valence-corrected chi connectivity index (χ1v) is 7.35. The zero-order valence-corrected chi connectivity index (χ0v) is 11.6. The molecule has 0 aromatic carbocycles. The van der Waals surface area contributed by atoms with E-state index in [1.54, 1.807) is 0 Å². The lowest BCUT2D eigenvalue weighted by molar-refractivity contribution is 0.607. The summed E-state index contributed by atoms with van der Waals surface area (Å²) in [6, 6.07) is 4.56. The van der Waals surface area contributed by atoms with Gasteiger partial charge >= 0.3 is 0 Å². The molecule has 0 saturated carbocycles. The first-order chi connectivity index (χ1) is 9.90. The van der Waals surface area contributed by atoms with Crippen LogP contribution in [-0.2, 0) is 0 Å². The number of unbranched alkanes of at least 4 members (excludes halogenated alkanes) is 1. The van der Waals surface area contributed by atoms with Gasteiger partial charge in [0.2, 0.25) is 0 Å². The van der Waals surface area contributed by atoms with E-state index in [-0.39, 0.29) is 0 Å². The molecule has 1 aromatic heterocycles. The predicted octanol–water partition coefficient (Wildman–Crippen LogP) is 2.64. The zero-order chi connectivity index (χ0) is 13.8. The smallest absolute Gasteiger partial charge is 0.0548 e. The van der Waals surface area contributed by atoms with Crippen LogP contribution in [0.4, 0.5) is 0 Å². The molecule has 0 spiro atoms. The third-order valence-electron chi connectivity index (χ3n) is 4.04. The molecule has 0 amide bonds. The van der Waals surface area contributed by atoms with Crippen molar-refractivity contribution in [2.24, 2.45) is 11.7 Å². The van der Waals surface area contributed by atoms with Gasteiger partial charge < -0.3 is 11.1 Å². The van der Waals surface area contributed by atoms with E-state index in [0.29, 0.717) is 12.0 Å². The van der Waals surface area contributed by atoms with Crippen LogP contribution in [0.5, 0.6) is 0 Å². The summed E-state index contributed by atoms with van der Waals surface area (Å²) < 4.78 is 0.